The summed E-state index contributed by atoms with van der Waals surface area (Å²) in [4.78, 5) is 10.2. The minimum atomic E-state index is -1.02. The highest BCUT2D eigenvalue weighted by Gasteiger charge is 2.03. The molecule has 0 aliphatic heterocycles. The van der Waals surface area contributed by atoms with Crippen LogP contribution in [0.3, 0.4) is 0 Å². The number of aryl methyl sites for hydroxylation is 1. The van der Waals surface area contributed by atoms with Gasteiger partial charge in [0.2, 0.25) is 0 Å². The second kappa shape index (κ2) is 3.86. The number of nitrogens with zero attached hydrogens (tertiary/aromatic N) is 2. The predicted molar refractivity (Wildman–Crippen MR) is 45.8 cm³/mol. The van der Waals surface area contributed by atoms with Crippen molar-refractivity contribution in [1.29, 1.82) is 0 Å². The number of aliphatic hydroxyl groups is 1. The summed E-state index contributed by atoms with van der Waals surface area (Å²) in [7, 11) is 1.68. The van der Waals surface area contributed by atoms with Crippen LogP contribution < -0.4 is 0 Å². The maximum Gasteiger partial charge on any atom is 0.328 e. The second-order valence-electron chi connectivity index (χ2n) is 2.50. The molecule has 0 unspecified atom stereocenters. The highest BCUT2D eigenvalue weighted by atomic mass is 16.4. The van der Waals surface area contributed by atoms with Crippen molar-refractivity contribution < 1.29 is 15.0 Å². The Hall–Kier alpha value is -1.62. The van der Waals surface area contributed by atoms with Crippen LogP contribution in [0, 0.1) is 0 Å². The van der Waals surface area contributed by atoms with Crippen molar-refractivity contribution in [2.24, 2.45) is 7.05 Å². The highest BCUT2D eigenvalue weighted by Crippen LogP contribution is 2.08. The van der Waals surface area contributed by atoms with Crippen LogP contribution >= 0.6 is 0 Å². The smallest absolute Gasteiger partial charge is 0.328 e. The van der Waals surface area contributed by atoms with Crippen LogP contribution in [0.15, 0.2) is 12.3 Å². The summed E-state index contributed by atoms with van der Waals surface area (Å²) in [6.07, 6.45) is 3.92. The van der Waals surface area contributed by atoms with Gasteiger partial charge < -0.3 is 10.2 Å². The van der Waals surface area contributed by atoms with Gasteiger partial charge in [0, 0.05) is 18.7 Å². The van der Waals surface area contributed by atoms with Gasteiger partial charge in [-0.2, -0.15) is 5.10 Å². The summed E-state index contributed by atoms with van der Waals surface area (Å²) in [6.45, 7) is -0.157. The minimum Gasteiger partial charge on any atom is -0.478 e. The second-order valence-corrected chi connectivity index (χ2v) is 2.50. The average Bonchev–Trinajstić information content (AvgIpc) is 2.42. The first-order valence-corrected chi connectivity index (χ1v) is 3.68. The van der Waals surface area contributed by atoms with Gasteiger partial charge >= 0.3 is 5.97 Å². The van der Waals surface area contributed by atoms with E-state index in [0.717, 1.165) is 6.08 Å². The van der Waals surface area contributed by atoms with Crippen LogP contribution in [-0.2, 0) is 18.4 Å². The molecule has 2 N–H and O–H groups in total. The molecule has 1 aromatic rings. The number of aliphatic carboxylic acids is 1. The van der Waals surface area contributed by atoms with E-state index < -0.39 is 5.97 Å². The minimum absolute atomic E-state index is 0.157. The maximum atomic E-state index is 10.2. The van der Waals surface area contributed by atoms with Gasteiger partial charge in [-0.15, -0.1) is 0 Å². The van der Waals surface area contributed by atoms with E-state index in [-0.39, 0.29) is 6.61 Å². The molecule has 0 spiro atoms. The lowest BCUT2D eigenvalue weighted by atomic mass is 10.2. The Labute approximate surface area is 74.9 Å². The largest absolute Gasteiger partial charge is 0.478 e. The van der Waals surface area contributed by atoms with E-state index in [2.05, 4.69) is 5.10 Å². The number of hydrogen-bond acceptors (Lipinski definition) is 3. The monoisotopic (exact) mass is 182 g/mol. The third-order valence-corrected chi connectivity index (χ3v) is 1.65. The van der Waals surface area contributed by atoms with Crippen LogP contribution in [-0.4, -0.2) is 26.0 Å². The van der Waals surface area contributed by atoms with Crippen LogP contribution in [0.2, 0.25) is 0 Å². The lowest BCUT2D eigenvalue weighted by Crippen LogP contribution is -1.98. The molecule has 1 heterocycles. The molecule has 0 aromatic carbocycles. The van der Waals surface area contributed by atoms with Crippen LogP contribution in [0.5, 0.6) is 0 Å². The van der Waals surface area contributed by atoms with Crippen molar-refractivity contribution in [2.45, 2.75) is 6.61 Å². The standard InChI is InChI=1S/C8H10N2O3/c1-10-7(5-11)6(4-9-10)2-3-8(12)13/h2-4,11H,5H2,1H3,(H,12,13)/b3-2+. The molecule has 0 saturated carbocycles. The number of carboxylic acids is 1. The van der Waals surface area contributed by atoms with Crippen LogP contribution in [0.25, 0.3) is 6.08 Å². The van der Waals surface area contributed by atoms with Gasteiger partial charge in [0.1, 0.15) is 0 Å². The molecular formula is C8H10N2O3. The number of hydrogen-bond donors (Lipinski definition) is 2. The molecule has 13 heavy (non-hydrogen) atoms. The lowest BCUT2D eigenvalue weighted by molar-refractivity contribution is -0.131. The summed E-state index contributed by atoms with van der Waals surface area (Å²) in [5, 5.41) is 21.2. The van der Waals surface area contributed by atoms with Gasteiger partial charge in [-0.3, -0.25) is 4.68 Å². The third-order valence-electron chi connectivity index (χ3n) is 1.65. The molecule has 0 amide bonds. The molecule has 0 radical (unpaired) electrons. The fourth-order valence-electron chi connectivity index (χ4n) is 0.974. The molecule has 0 fully saturated rings. The zero-order chi connectivity index (χ0) is 9.84. The van der Waals surface area contributed by atoms with E-state index >= 15 is 0 Å². The molecular weight excluding hydrogens is 172 g/mol. The highest BCUT2D eigenvalue weighted by molar-refractivity contribution is 5.85. The van der Waals surface area contributed by atoms with E-state index in [9.17, 15) is 4.79 Å². The van der Waals surface area contributed by atoms with E-state index in [1.54, 1.807) is 7.05 Å². The average molecular weight is 182 g/mol. The van der Waals surface area contributed by atoms with E-state index in [1.807, 2.05) is 0 Å². The van der Waals surface area contributed by atoms with Crippen molar-refractivity contribution in [3.8, 4) is 0 Å². The number of rotatable bonds is 3. The molecule has 1 aromatic heterocycles. The van der Waals surface area contributed by atoms with Gasteiger partial charge in [0.05, 0.1) is 18.5 Å². The molecule has 5 nitrogen and oxygen atoms in total. The first kappa shape index (κ1) is 9.47. The Kier molecular flexibility index (Phi) is 2.81. The number of aliphatic hydroxyl groups excluding tert-OH is 1. The molecule has 0 aliphatic rings. The molecule has 0 bridgehead atoms. The first-order chi connectivity index (χ1) is 6.15. The summed E-state index contributed by atoms with van der Waals surface area (Å²) in [5.74, 6) is -1.02. The van der Waals surface area contributed by atoms with Crippen molar-refractivity contribution in [2.75, 3.05) is 0 Å². The molecule has 0 aliphatic carbocycles. The van der Waals surface area contributed by atoms with Crippen LogP contribution in [0.1, 0.15) is 11.3 Å². The quantitative estimate of drug-likeness (QED) is 0.646. The number of carboxylic acid groups (broad SMARTS) is 1. The Balaban J connectivity index is 2.94. The Morgan fingerprint density at radius 1 is 1.77 bits per heavy atom. The van der Waals surface area contributed by atoms with Crippen molar-refractivity contribution in [1.82, 2.24) is 9.78 Å². The molecule has 0 atom stereocenters. The number of aromatic nitrogens is 2. The Morgan fingerprint density at radius 2 is 2.46 bits per heavy atom. The van der Waals surface area contributed by atoms with Gasteiger partial charge in [-0.25, -0.2) is 4.79 Å². The molecule has 0 saturated heterocycles. The fraction of sp³-hybridized carbons (Fsp3) is 0.250. The van der Waals surface area contributed by atoms with Crippen molar-refractivity contribution in [3.05, 3.63) is 23.5 Å². The van der Waals surface area contributed by atoms with Gasteiger partial charge in [0.25, 0.3) is 0 Å². The predicted octanol–water partition coefficient (Wildman–Crippen LogP) is 0.0102. The van der Waals surface area contributed by atoms with Gasteiger partial charge in [-0.1, -0.05) is 0 Å². The van der Waals surface area contributed by atoms with Crippen molar-refractivity contribution in [3.63, 3.8) is 0 Å². The lowest BCUT2D eigenvalue weighted by Gasteiger charge is -1.97. The summed E-state index contributed by atoms with van der Waals surface area (Å²) < 4.78 is 1.50. The SMILES string of the molecule is Cn1ncc(/C=C/C(=O)O)c1CO. The summed E-state index contributed by atoms with van der Waals surface area (Å²) >= 11 is 0. The van der Waals surface area contributed by atoms with E-state index in [4.69, 9.17) is 10.2 Å². The van der Waals surface area contributed by atoms with Crippen LogP contribution in [0.4, 0.5) is 0 Å². The summed E-state index contributed by atoms with van der Waals surface area (Å²) in [6, 6.07) is 0. The zero-order valence-electron chi connectivity index (χ0n) is 7.14. The molecule has 70 valence electrons. The van der Waals surface area contributed by atoms with Gasteiger partial charge in [0.15, 0.2) is 0 Å². The third kappa shape index (κ3) is 2.16. The molecule has 1 rings (SSSR count). The summed E-state index contributed by atoms with van der Waals surface area (Å²) in [5.41, 5.74) is 1.21. The Bertz CT molecular complexity index is 341. The van der Waals surface area contributed by atoms with Crippen molar-refractivity contribution >= 4 is 12.0 Å². The normalized spacial score (nSPS) is 10.9. The van der Waals surface area contributed by atoms with E-state index in [1.165, 1.54) is 17.0 Å². The zero-order valence-corrected chi connectivity index (χ0v) is 7.14. The topological polar surface area (TPSA) is 75.4 Å². The molecule has 5 heteroatoms. The Morgan fingerprint density at radius 3 is 3.00 bits per heavy atom. The van der Waals surface area contributed by atoms with E-state index in [0.29, 0.717) is 11.3 Å². The maximum absolute atomic E-state index is 10.2. The van der Waals surface area contributed by atoms with Gasteiger partial charge in [-0.05, 0) is 6.08 Å². The first-order valence-electron chi connectivity index (χ1n) is 3.68. The fourth-order valence-corrected chi connectivity index (χ4v) is 0.974. The number of carbonyl (C=O) groups is 1.